The van der Waals surface area contributed by atoms with Gasteiger partial charge in [-0.05, 0) is 31.4 Å². The zero-order chi connectivity index (χ0) is 18.1. The van der Waals surface area contributed by atoms with Crippen molar-refractivity contribution in [2.24, 2.45) is 5.41 Å². The van der Waals surface area contributed by atoms with Gasteiger partial charge in [-0.3, -0.25) is 14.6 Å². The van der Waals surface area contributed by atoms with Crippen molar-refractivity contribution in [2.45, 2.75) is 32.2 Å². The van der Waals surface area contributed by atoms with Crippen LogP contribution in [0.25, 0.3) is 11.4 Å². The standard InChI is InChI=1S/C19H22N4O3/c1-26-12-19(6-3-7-19)18(25)23-9-5-14-15(11-23)21-16(22-17(14)24)13-4-2-8-20-10-13/h2,4,8,10H,3,5-7,9,11-12H2,1H3,(H,21,22,24). The van der Waals surface area contributed by atoms with E-state index in [1.54, 1.807) is 25.6 Å². The lowest BCUT2D eigenvalue weighted by molar-refractivity contribution is -0.153. The zero-order valence-electron chi connectivity index (χ0n) is 14.8. The van der Waals surface area contributed by atoms with E-state index in [0.29, 0.717) is 43.2 Å². The Balaban J connectivity index is 1.63. The Morgan fingerprint density at radius 2 is 2.27 bits per heavy atom. The SMILES string of the molecule is COCC1(C(=O)N2CCc3c(nc(-c4cccnc4)[nH]c3=O)C2)CCC1. The highest BCUT2D eigenvalue weighted by molar-refractivity contribution is 5.84. The maximum atomic E-state index is 13.1. The summed E-state index contributed by atoms with van der Waals surface area (Å²) in [5.41, 5.74) is 1.59. The molecule has 136 valence electrons. The van der Waals surface area contributed by atoms with E-state index >= 15 is 0 Å². The number of carbonyl (C=O) groups is 1. The van der Waals surface area contributed by atoms with Crippen LogP contribution >= 0.6 is 0 Å². The Labute approximate surface area is 151 Å². The highest BCUT2D eigenvalue weighted by Crippen LogP contribution is 2.43. The molecule has 1 N–H and O–H groups in total. The van der Waals surface area contributed by atoms with Crippen molar-refractivity contribution in [3.05, 3.63) is 46.1 Å². The zero-order valence-corrected chi connectivity index (χ0v) is 14.8. The quantitative estimate of drug-likeness (QED) is 0.900. The second-order valence-electron chi connectivity index (χ2n) is 7.13. The first-order chi connectivity index (χ1) is 12.6. The molecule has 0 atom stereocenters. The lowest BCUT2D eigenvalue weighted by Crippen LogP contribution is -2.52. The molecule has 7 heteroatoms. The number of amides is 1. The topological polar surface area (TPSA) is 88.2 Å². The molecule has 1 saturated carbocycles. The minimum Gasteiger partial charge on any atom is -0.384 e. The van der Waals surface area contributed by atoms with Crippen LogP contribution < -0.4 is 5.56 Å². The molecule has 1 amide bonds. The van der Waals surface area contributed by atoms with Crippen LogP contribution in [0.1, 0.15) is 30.5 Å². The third-order valence-electron chi connectivity index (χ3n) is 5.48. The number of rotatable bonds is 4. The average Bonchev–Trinajstić information content (AvgIpc) is 2.64. The number of fused-ring (bicyclic) bond motifs is 1. The van der Waals surface area contributed by atoms with Gasteiger partial charge in [0.1, 0.15) is 5.82 Å². The van der Waals surface area contributed by atoms with Gasteiger partial charge in [0.05, 0.1) is 24.3 Å². The van der Waals surface area contributed by atoms with Crippen LogP contribution in [-0.2, 0) is 22.5 Å². The fourth-order valence-corrected chi connectivity index (χ4v) is 3.89. The highest BCUT2D eigenvalue weighted by atomic mass is 16.5. The molecule has 4 rings (SSSR count). The molecular weight excluding hydrogens is 332 g/mol. The summed E-state index contributed by atoms with van der Waals surface area (Å²) < 4.78 is 5.30. The molecule has 0 radical (unpaired) electrons. The van der Waals surface area contributed by atoms with Gasteiger partial charge in [-0.1, -0.05) is 6.42 Å². The highest BCUT2D eigenvalue weighted by Gasteiger charge is 2.47. The Morgan fingerprint density at radius 1 is 1.42 bits per heavy atom. The molecule has 0 saturated heterocycles. The fraction of sp³-hybridized carbons (Fsp3) is 0.474. The smallest absolute Gasteiger partial charge is 0.254 e. The first-order valence-electron chi connectivity index (χ1n) is 8.94. The minimum atomic E-state index is -0.389. The summed E-state index contributed by atoms with van der Waals surface area (Å²) in [5, 5.41) is 0. The molecule has 1 aliphatic carbocycles. The van der Waals surface area contributed by atoms with Crippen molar-refractivity contribution in [1.29, 1.82) is 0 Å². The first-order valence-corrected chi connectivity index (χ1v) is 8.94. The molecule has 2 aromatic heterocycles. The molecule has 2 aliphatic rings. The van der Waals surface area contributed by atoms with Crippen LogP contribution in [0.2, 0.25) is 0 Å². The molecule has 1 aliphatic heterocycles. The van der Waals surface area contributed by atoms with Crippen molar-refractivity contribution in [3.63, 3.8) is 0 Å². The van der Waals surface area contributed by atoms with Crippen LogP contribution in [0, 0.1) is 5.41 Å². The van der Waals surface area contributed by atoms with E-state index in [1.165, 1.54) is 0 Å². The number of nitrogens with one attached hydrogen (secondary N) is 1. The molecule has 3 heterocycles. The number of methoxy groups -OCH3 is 1. The van der Waals surface area contributed by atoms with Crippen molar-refractivity contribution < 1.29 is 9.53 Å². The van der Waals surface area contributed by atoms with Crippen molar-refractivity contribution in [3.8, 4) is 11.4 Å². The van der Waals surface area contributed by atoms with E-state index in [0.717, 1.165) is 24.8 Å². The lowest BCUT2D eigenvalue weighted by Gasteiger charge is -2.43. The van der Waals surface area contributed by atoms with Crippen LogP contribution in [0.3, 0.4) is 0 Å². The normalized spacial score (nSPS) is 18.1. The van der Waals surface area contributed by atoms with E-state index in [4.69, 9.17) is 4.74 Å². The number of ether oxygens (including phenoxy) is 1. The summed E-state index contributed by atoms with van der Waals surface area (Å²) in [5.74, 6) is 0.618. The maximum Gasteiger partial charge on any atom is 0.254 e. The average molecular weight is 354 g/mol. The molecule has 26 heavy (non-hydrogen) atoms. The number of H-pyrrole nitrogens is 1. The summed E-state index contributed by atoms with van der Waals surface area (Å²) in [6.45, 7) is 1.38. The summed E-state index contributed by atoms with van der Waals surface area (Å²) in [7, 11) is 1.64. The minimum absolute atomic E-state index is 0.126. The second kappa shape index (κ2) is 6.64. The number of hydrogen-bond acceptors (Lipinski definition) is 5. The third-order valence-corrected chi connectivity index (χ3v) is 5.48. The van der Waals surface area contributed by atoms with Crippen molar-refractivity contribution in [2.75, 3.05) is 20.3 Å². The largest absolute Gasteiger partial charge is 0.384 e. The van der Waals surface area contributed by atoms with Gasteiger partial charge in [-0.2, -0.15) is 0 Å². The molecule has 0 spiro atoms. The number of aromatic nitrogens is 3. The van der Waals surface area contributed by atoms with Gasteiger partial charge in [0.15, 0.2) is 0 Å². The van der Waals surface area contributed by atoms with E-state index < -0.39 is 0 Å². The van der Waals surface area contributed by atoms with Gasteiger partial charge in [-0.15, -0.1) is 0 Å². The number of nitrogens with zero attached hydrogens (tertiary/aromatic N) is 3. The number of hydrogen-bond donors (Lipinski definition) is 1. The first kappa shape index (κ1) is 16.9. The van der Waals surface area contributed by atoms with Gasteiger partial charge in [-0.25, -0.2) is 4.98 Å². The van der Waals surface area contributed by atoms with Crippen LogP contribution in [0.15, 0.2) is 29.3 Å². The number of carbonyl (C=O) groups excluding carboxylic acids is 1. The Morgan fingerprint density at radius 3 is 2.92 bits per heavy atom. The predicted molar refractivity (Wildman–Crippen MR) is 95.4 cm³/mol. The third kappa shape index (κ3) is 2.82. The Bertz CT molecular complexity index is 874. The fourth-order valence-electron chi connectivity index (χ4n) is 3.89. The van der Waals surface area contributed by atoms with E-state index in [-0.39, 0.29) is 16.9 Å². The number of pyridine rings is 1. The molecule has 1 fully saturated rings. The maximum absolute atomic E-state index is 13.1. The number of aromatic amines is 1. The van der Waals surface area contributed by atoms with Gasteiger partial charge < -0.3 is 14.6 Å². The second-order valence-corrected chi connectivity index (χ2v) is 7.13. The monoisotopic (exact) mass is 354 g/mol. The van der Waals surface area contributed by atoms with Crippen molar-refractivity contribution >= 4 is 5.91 Å². The molecule has 0 aromatic carbocycles. The molecule has 2 aromatic rings. The van der Waals surface area contributed by atoms with E-state index in [2.05, 4.69) is 15.0 Å². The van der Waals surface area contributed by atoms with Gasteiger partial charge in [0.25, 0.3) is 5.56 Å². The van der Waals surface area contributed by atoms with Gasteiger partial charge in [0, 0.05) is 37.2 Å². The lowest BCUT2D eigenvalue weighted by atomic mass is 9.68. The van der Waals surface area contributed by atoms with Crippen molar-refractivity contribution in [1.82, 2.24) is 19.9 Å². The molecule has 0 bridgehead atoms. The molecule has 0 unspecified atom stereocenters. The summed E-state index contributed by atoms with van der Waals surface area (Å²) in [6, 6.07) is 3.65. The van der Waals surface area contributed by atoms with E-state index in [9.17, 15) is 9.59 Å². The Kier molecular flexibility index (Phi) is 4.32. The van der Waals surface area contributed by atoms with E-state index in [1.807, 2.05) is 11.0 Å². The van der Waals surface area contributed by atoms with Crippen LogP contribution in [-0.4, -0.2) is 46.0 Å². The molecular formula is C19H22N4O3. The Hall–Kier alpha value is -2.54. The van der Waals surface area contributed by atoms with Crippen LogP contribution in [0.5, 0.6) is 0 Å². The summed E-state index contributed by atoms with van der Waals surface area (Å²) >= 11 is 0. The van der Waals surface area contributed by atoms with Gasteiger partial charge >= 0.3 is 0 Å². The summed E-state index contributed by atoms with van der Waals surface area (Å²) in [6.07, 6.45) is 6.66. The summed E-state index contributed by atoms with van der Waals surface area (Å²) in [4.78, 5) is 38.9. The van der Waals surface area contributed by atoms with Crippen LogP contribution in [0.4, 0.5) is 0 Å². The van der Waals surface area contributed by atoms with Gasteiger partial charge in [0.2, 0.25) is 5.91 Å². The predicted octanol–water partition coefficient (Wildman–Crippen LogP) is 1.53. The molecule has 7 nitrogen and oxygen atoms in total.